The molecule has 2 rings (SSSR count). The number of rotatable bonds is 6. The molecule has 0 spiro atoms. The topological polar surface area (TPSA) is 17.1 Å². The molecule has 1 aromatic heterocycles. The molecule has 112 valence electrons. The quantitative estimate of drug-likeness (QED) is 0.429. The van der Waals surface area contributed by atoms with Crippen molar-refractivity contribution in [1.29, 1.82) is 0 Å². The minimum Gasteiger partial charge on any atom is -0.294 e. The highest BCUT2D eigenvalue weighted by atomic mass is 32.1. The predicted octanol–water partition coefficient (Wildman–Crippen LogP) is 5.28. The van der Waals surface area contributed by atoms with Gasteiger partial charge in [-0.1, -0.05) is 25.3 Å². The lowest BCUT2D eigenvalue weighted by Gasteiger charge is -2.12. The zero-order valence-corrected chi connectivity index (χ0v) is 14.3. The minimum atomic E-state index is 0.161. The first-order chi connectivity index (χ1) is 10.1. The Hall–Kier alpha value is -1.06. The second-order valence-corrected chi connectivity index (χ2v) is 6.90. The van der Waals surface area contributed by atoms with Crippen LogP contribution in [0.3, 0.4) is 0 Å². The molecule has 3 heteroatoms. The molecule has 0 atom stereocenters. The Balaban J connectivity index is 2.50. The molecule has 0 unspecified atom stereocenters. The Morgan fingerprint density at radius 2 is 2.10 bits per heavy atom. The average molecular weight is 319 g/mol. The summed E-state index contributed by atoms with van der Waals surface area (Å²) in [6.07, 6.45) is 9.15. The van der Waals surface area contributed by atoms with Crippen LogP contribution in [-0.2, 0) is 12.8 Å². The highest BCUT2D eigenvalue weighted by Gasteiger charge is 2.25. The third-order valence-corrected chi connectivity index (χ3v) is 5.46. The van der Waals surface area contributed by atoms with Gasteiger partial charge in [0.1, 0.15) is 0 Å². The number of ketones is 1. The van der Waals surface area contributed by atoms with Crippen molar-refractivity contribution in [2.75, 3.05) is 5.75 Å². The first kappa shape index (κ1) is 16.3. The number of allylic oxidation sites excluding steroid dienone is 4. The Kier molecular flexibility index (Phi) is 5.65. The molecule has 1 aliphatic rings. The maximum atomic E-state index is 12.2. The van der Waals surface area contributed by atoms with Crippen molar-refractivity contribution in [3.63, 3.8) is 0 Å². The normalized spacial score (nSPS) is 14.7. The molecule has 1 aromatic rings. The van der Waals surface area contributed by atoms with Gasteiger partial charge in [0.05, 0.1) is 0 Å². The summed E-state index contributed by atoms with van der Waals surface area (Å²) in [4.78, 5) is 14.6. The predicted molar refractivity (Wildman–Crippen MR) is 96.7 cm³/mol. The van der Waals surface area contributed by atoms with Crippen molar-refractivity contribution in [3.8, 4) is 0 Å². The lowest BCUT2D eigenvalue weighted by molar-refractivity contribution is 0.101. The number of hydrogen-bond acceptors (Lipinski definition) is 3. The van der Waals surface area contributed by atoms with Crippen LogP contribution >= 0.6 is 24.0 Å². The smallest absolute Gasteiger partial charge is 0.161 e. The van der Waals surface area contributed by atoms with E-state index in [1.165, 1.54) is 23.3 Å². The molecule has 0 aliphatic heterocycles. The van der Waals surface area contributed by atoms with Crippen LogP contribution in [-0.4, -0.2) is 11.5 Å². The maximum Gasteiger partial charge on any atom is 0.161 e. The van der Waals surface area contributed by atoms with E-state index in [0.717, 1.165) is 46.6 Å². The maximum absolute atomic E-state index is 12.2. The van der Waals surface area contributed by atoms with Gasteiger partial charge in [0.15, 0.2) is 5.78 Å². The van der Waals surface area contributed by atoms with E-state index in [-0.39, 0.29) is 5.78 Å². The highest BCUT2D eigenvalue weighted by molar-refractivity contribution is 7.80. The summed E-state index contributed by atoms with van der Waals surface area (Å²) in [5.41, 5.74) is 4.28. The third kappa shape index (κ3) is 3.41. The van der Waals surface area contributed by atoms with E-state index in [0.29, 0.717) is 0 Å². The van der Waals surface area contributed by atoms with E-state index >= 15 is 0 Å². The number of thiol groups is 1. The average Bonchev–Trinajstić information content (AvgIpc) is 2.85. The van der Waals surface area contributed by atoms with E-state index in [9.17, 15) is 4.79 Å². The lowest BCUT2D eigenvalue weighted by Crippen LogP contribution is -2.05. The molecule has 0 fully saturated rings. The van der Waals surface area contributed by atoms with Gasteiger partial charge in [-0.3, -0.25) is 4.79 Å². The Labute approximate surface area is 136 Å². The fraction of sp³-hybridized carbons (Fsp3) is 0.389. The summed E-state index contributed by atoms with van der Waals surface area (Å²) in [5, 5.41) is 0. The van der Waals surface area contributed by atoms with E-state index in [2.05, 4.69) is 25.8 Å². The first-order valence-electron chi connectivity index (χ1n) is 7.37. The Morgan fingerprint density at radius 3 is 2.71 bits per heavy atom. The molecule has 21 heavy (non-hydrogen) atoms. The Morgan fingerprint density at radius 1 is 1.38 bits per heavy atom. The number of Topliss-reactive ketones (excluding diaryl/α,β-unsaturated/α-hetero) is 1. The molecule has 1 heterocycles. The molecule has 0 bridgehead atoms. The standard InChI is InChI=1S/C18H22OS2/c1-4-7-14(10-11-20)12(2)18-17(13(3)19)15-8-5-6-9-16(15)21-18/h4,7,20H,1-2,5-6,8-11H2,3H3/b14-7-. The van der Waals surface area contributed by atoms with Crippen LogP contribution in [0.5, 0.6) is 0 Å². The molecular formula is C18H22OS2. The highest BCUT2D eigenvalue weighted by Crippen LogP contribution is 2.40. The molecule has 0 saturated carbocycles. The van der Waals surface area contributed by atoms with Crippen LogP contribution < -0.4 is 0 Å². The Bertz CT molecular complexity index is 605. The van der Waals surface area contributed by atoms with Gasteiger partial charge in [0.2, 0.25) is 0 Å². The number of carbonyl (C=O) groups is 1. The van der Waals surface area contributed by atoms with Crippen LogP contribution in [0, 0.1) is 0 Å². The van der Waals surface area contributed by atoms with Gasteiger partial charge < -0.3 is 0 Å². The van der Waals surface area contributed by atoms with Gasteiger partial charge >= 0.3 is 0 Å². The molecule has 0 saturated heterocycles. The number of thiophene rings is 1. The number of hydrogen-bond donors (Lipinski definition) is 1. The first-order valence-corrected chi connectivity index (χ1v) is 8.82. The van der Waals surface area contributed by atoms with Crippen molar-refractivity contribution in [3.05, 3.63) is 51.8 Å². The number of fused-ring (bicyclic) bond motifs is 1. The summed E-state index contributed by atoms with van der Waals surface area (Å²) in [7, 11) is 0. The molecule has 1 aliphatic carbocycles. The summed E-state index contributed by atoms with van der Waals surface area (Å²) < 4.78 is 0. The lowest BCUT2D eigenvalue weighted by atomic mass is 9.91. The minimum absolute atomic E-state index is 0.161. The summed E-state index contributed by atoms with van der Waals surface area (Å²) >= 11 is 6.08. The molecule has 0 radical (unpaired) electrons. The molecule has 0 aromatic carbocycles. The second kappa shape index (κ2) is 7.28. The van der Waals surface area contributed by atoms with E-state index in [1.807, 2.05) is 6.08 Å². The summed E-state index contributed by atoms with van der Waals surface area (Å²) in [6, 6.07) is 0. The van der Waals surface area contributed by atoms with Crippen LogP contribution in [0.4, 0.5) is 0 Å². The van der Waals surface area contributed by atoms with E-state index in [1.54, 1.807) is 24.3 Å². The molecule has 0 N–H and O–H groups in total. The largest absolute Gasteiger partial charge is 0.294 e. The number of carbonyl (C=O) groups excluding carboxylic acids is 1. The van der Waals surface area contributed by atoms with E-state index < -0.39 is 0 Å². The van der Waals surface area contributed by atoms with Crippen molar-refractivity contribution >= 4 is 35.3 Å². The van der Waals surface area contributed by atoms with Gasteiger partial charge in [0.25, 0.3) is 0 Å². The van der Waals surface area contributed by atoms with E-state index in [4.69, 9.17) is 0 Å². The molecule has 0 amide bonds. The third-order valence-electron chi connectivity index (χ3n) is 3.89. The van der Waals surface area contributed by atoms with Crippen molar-refractivity contribution < 1.29 is 4.79 Å². The molecule has 1 nitrogen and oxygen atoms in total. The number of aryl methyl sites for hydroxylation is 1. The zero-order valence-electron chi connectivity index (χ0n) is 12.6. The van der Waals surface area contributed by atoms with Crippen LogP contribution in [0.1, 0.15) is 51.9 Å². The van der Waals surface area contributed by atoms with Gasteiger partial charge in [-0.25, -0.2) is 0 Å². The zero-order chi connectivity index (χ0) is 15.4. The monoisotopic (exact) mass is 318 g/mol. The fourth-order valence-electron chi connectivity index (χ4n) is 2.89. The summed E-state index contributed by atoms with van der Waals surface area (Å²) in [5.74, 6) is 0.925. The van der Waals surface area contributed by atoms with Gasteiger partial charge in [0, 0.05) is 15.3 Å². The fourth-order valence-corrected chi connectivity index (χ4v) is 4.58. The molecular weight excluding hydrogens is 296 g/mol. The van der Waals surface area contributed by atoms with Gasteiger partial charge in [-0.05, 0) is 61.5 Å². The van der Waals surface area contributed by atoms with Crippen molar-refractivity contribution in [2.24, 2.45) is 0 Å². The summed E-state index contributed by atoms with van der Waals surface area (Å²) in [6.45, 7) is 9.70. The van der Waals surface area contributed by atoms with Crippen LogP contribution in [0.2, 0.25) is 0 Å². The second-order valence-electron chi connectivity index (χ2n) is 5.35. The van der Waals surface area contributed by atoms with Crippen LogP contribution in [0.15, 0.2) is 30.9 Å². The van der Waals surface area contributed by atoms with Crippen LogP contribution in [0.25, 0.3) is 5.57 Å². The van der Waals surface area contributed by atoms with Gasteiger partial charge in [-0.2, -0.15) is 12.6 Å². The van der Waals surface area contributed by atoms with Crippen molar-refractivity contribution in [2.45, 2.75) is 39.0 Å². The van der Waals surface area contributed by atoms with Crippen molar-refractivity contribution in [1.82, 2.24) is 0 Å². The SMILES string of the molecule is C=C/C=C(/CCS)C(=C)c1sc2c(c1C(C)=O)CCCC2. The van der Waals surface area contributed by atoms with Gasteiger partial charge in [-0.15, -0.1) is 11.3 Å².